The number of fused-ring (bicyclic) bond motifs is 1. The molecule has 2 heterocycles. The predicted molar refractivity (Wildman–Crippen MR) is 116 cm³/mol. The molecule has 2 aromatic carbocycles. The Morgan fingerprint density at radius 1 is 0.968 bits per heavy atom. The second-order valence-corrected chi connectivity index (χ2v) is 8.74. The molecule has 0 spiro atoms. The van der Waals surface area contributed by atoms with E-state index in [0.717, 1.165) is 26.8 Å². The maximum Gasteiger partial charge on any atom is 0.326 e. The van der Waals surface area contributed by atoms with Crippen molar-refractivity contribution in [2.75, 3.05) is 10.8 Å². The van der Waals surface area contributed by atoms with Gasteiger partial charge < -0.3 is 9.15 Å². The van der Waals surface area contributed by atoms with Gasteiger partial charge in [-0.15, -0.1) is 0 Å². The minimum Gasteiger partial charge on any atom is -0.486 e. The summed E-state index contributed by atoms with van der Waals surface area (Å²) in [6.07, 6.45) is 1.61. The van der Waals surface area contributed by atoms with Crippen molar-refractivity contribution in [3.05, 3.63) is 84.6 Å². The van der Waals surface area contributed by atoms with Crippen LogP contribution in [-0.4, -0.2) is 20.9 Å². The van der Waals surface area contributed by atoms with Crippen LogP contribution in [0.5, 0.6) is 5.75 Å². The molecular formula is C23H18N2O5S. The fourth-order valence-corrected chi connectivity index (χ4v) is 4.76. The number of nitrogens with zero attached hydrogens (tertiary/aromatic N) is 1. The van der Waals surface area contributed by atoms with Crippen molar-refractivity contribution in [3.63, 3.8) is 0 Å². The molecule has 0 atom stereocenters. The largest absolute Gasteiger partial charge is 0.486 e. The van der Waals surface area contributed by atoms with Crippen LogP contribution in [0.25, 0.3) is 22.5 Å². The number of rotatable bonds is 5. The average molecular weight is 434 g/mol. The van der Waals surface area contributed by atoms with E-state index in [1.165, 1.54) is 0 Å². The summed E-state index contributed by atoms with van der Waals surface area (Å²) in [5.74, 6) is 0.517. The summed E-state index contributed by atoms with van der Waals surface area (Å²) in [6.45, 7) is -0.0738. The number of hydrogen-bond donors (Lipinski definition) is 1. The highest BCUT2D eigenvalue weighted by atomic mass is 32.2. The van der Waals surface area contributed by atoms with Crippen LogP contribution in [0.15, 0.2) is 83.5 Å². The van der Waals surface area contributed by atoms with Gasteiger partial charge in [0.25, 0.3) is 5.91 Å². The zero-order valence-corrected chi connectivity index (χ0v) is 17.1. The highest BCUT2D eigenvalue weighted by Gasteiger charge is 2.36. The number of ether oxygens (including phenoxy) is 1. The molecule has 1 N–H and O–H groups in total. The van der Waals surface area contributed by atoms with Crippen molar-refractivity contribution in [3.8, 4) is 28.2 Å². The minimum atomic E-state index is -3.99. The molecule has 1 fully saturated rings. The van der Waals surface area contributed by atoms with E-state index in [-0.39, 0.29) is 18.8 Å². The third kappa shape index (κ3) is 3.62. The number of hydrogen-bond acceptors (Lipinski definition) is 5. The molecule has 3 aliphatic rings. The zero-order valence-electron chi connectivity index (χ0n) is 16.3. The maximum absolute atomic E-state index is 12.5. The SMILES string of the molecule is O=C1CN(c2cccc(-c3coc4cccc-4c3)c2OCc2ccccc2)S(=O)(=O)N1. The van der Waals surface area contributed by atoms with Gasteiger partial charge in [0, 0.05) is 16.7 Å². The lowest BCUT2D eigenvalue weighted by Gasteiger charge is -2.21. The van der Waals surface area contributed by atoms with E-state index in [2.05, 4.69) is 0 Å². The van der Waals surface area contributed by atoms with Crippen LogP contribution in [0.4, 0.5) is 5.69 Å². The smallest absolute Gasteiger partial charge is 0.326 e. The lowest BCUT2D eigenvalue weighted by Crippen LogP contribution is -2.29. The Morgan fingerprint density at radius 2 is 1.77 bits per heavy atom. The van der Waals surface area contributed by atoms with Crippen molar-refractivity contribution >= 4 is 21.8 Å². The van der Waals surface area contributed by atoms with Crippen molar-refractivity contribution in [1.29, 1.82) is 0 Å². The maximum atomic E-state index is 12.5. The molecule has 7 nitrogen and oxygen atoms in total. The fraction of sp³-hybridized carbons (Fsp3) is 0.0870. The molecule has 2 aliphatic heterocycles. The van der Waals surface area contributed by atoms with Gasteiger partial charge in [0.15, 0.2) is 5.75 Å². The molecule has 0 radical (unpaired) electrons. The van der Waals surface area contributed by atoms with E-state index < -0.39 is 16.1 Å². The average Bonchev–Trinajstić information content (AvgIpc) is 3.34. The number of carbonyl (C=O) groups excluding carboxylic acids is 1. The van der Waals surface area contributed by atoms with E-state index >= 15 is 0 Å². The zero-order chi connectivity index (χ0) is 21.4. The molecule has 2 aromatic rings. The molecule has 31 heavy (non-hydrogen) atoms. The number of anilines is 1. The Hall–Kier alpha value is -3.78. The Morgan fingerprint density at radius 3 is 2.55 bits per heavy atom. The summed E-state index contributed by atoms with van der Waals surface area (Å²) >= 11 is 0. The molecule has 1 amide bonds. The number of para-hydroxylation sites is 1. The van der Waals surface area contributed by atoms with Gasteiger partial charge in [0.1, 0.15) is 18.9 Å². The molecule has 0 saturated carbocycles. The molecule has 0 bridgehead atoms. The molecule has 1 saturated heterocycles. The number of amides is 1. The molecule has 0 unspecified atom stereocenters. The van der Waals surface area contributed by atoms with E-state index in [4.69, 9.17) is 9.15 Å². The Kier molecular flexibility index (Phi) is 4.63. The van der Waals surface area contributed by atoms with E-state index in [9.17, 15) is 13.2 Å². The van der Waals surface area contributed by atoms with Crippen molar-refractivity contribution < 1.29 is 22.4 Å². The van der Waals surface area contributed by atoms with Gasteiger partial charge in [0.2, 0.25) is 0 Å². The Labute approximate surface area is 179 Å². The second-order valence-electron chi connectivity index (χ2n) is 7.15. The van der Waals surface area contributed by atoms with E-state index in [1.54, 1.807) is 18.4 Å². The van der Waals surface area contributed by atoms with Gasteiger partial charge in [-0.1, -0.05) is 54.6 Å². The molecular weight excluding hydrogens is 416 g/mol. The predicted octanol–water partition coefficient (Wildman–Crippen LogP) is 3.81. The van der Waals surface area contributed by atoms with E-state index in [1.807, 2.05) is 65.4 Å². The number of nitrogens with one attached hydrogen (secondary N) is 1. The quantitative estimate of drug-likeness (QED) is 0.516. The van der Waals surface area contributed by atoms with Gasteiger partial charge >= 0.3 is 10.2 Å². The molecule has 156 valence electrons. The van der Waals surface area contributed by atoms with Gasteiger partial charge in [-0.2, -0.15) is 8.42 Å². The van der Waals surface area contributed by atoms with E-state index in [0.29, 0.717) is 11.3 Å². The summed E-state index contributed by atoms with van der Waals surface area (Å²) in [4.78, 5) is 11.8. The Bertz CT molecular complexity index is 1330. The second kappa shape index (κ2) is 7.48. The fourth-order valence-electron chi connectivity index (χ4n) is 3.61. The number of benzene rings is 2. The summed E-state index contributed by atoms with van der Waals surface area (Å²) in [7, 11) is -3.99. The molecule has 5 rings (SSSR count). The third-order valence-corrected chi connectivity index (χ3v) is 6.44. The first kappa shape index (κ1) is 19.2. The normalized spacial score (nSPS) is 15.2. The van der Waals surface area contributed by atoms with Gasteiger partial charge in [-0.25, -0.2) is 9.03 Å². The lowest BCUT2D eigenvalue weighted by molar-refractivity contribution is -0.117. The molecule has 8 heteroatoms. The summed E-state index contributed by atoms with van der Waals surface area (Å²) in [5, 5.41) is 0. The Balaban J connectivity index is 1.63. The van der Waals surface area contributed by atoms with Crippen molar-refractivity contribution in [2.24, 2.45) is 0 Å². The highest BCUT2D eigenvalue weighted by Crippen LogP contribution is 2.42. The first-order valence-electron chi connectivity index (χ1n) is 9.62. The van der Waals surface area contributed by atoms with Crippen LogP contribution in [0.1, 0.15) is 5.56 Å². The van der Waals surface area contributed by atoms with Crippen LogP contribution in [0.3, 0.4) is 0 Å². The van der Waals surface area contributed by atoms with Gasteiger partial charge in [-0.05, 0) is 23.8 Å². The lowest BCUT2D eigenvalue weighted by atomic mass is 10.0. The minimum absolute atomic E-state index is 0.232. The van der Waals surface area contributed by atoms with Crippen LogP contribution in [0.2, 0.25) is 0 Å². The van der Waals surface area contributed by atoms with Crippen molar-refractivity contribution in [2.45, 2.75) is 6.61 Å². The standard InChI is InChI=1S/C23H18N2O5S/c26-22-13-25(31(27,28)24-22)20-10-5-9-19(18-12-17-8-4-11-21(17)29-15-18)23(20)30-14-16-6-2-1-3-7-16/h1-12,15H,13-14H2,(H,24,26). The summed E-state index contributed by atoms with van der Waals surface area (Å²) < 4.78 is 39.9. The topological polar surface area (TPSA) is 88.9 Å². The van der Waals surface area contributed by atoms with Crippen molar-refractivity contribution in [1.82, 2.24) is 4.72 Å². The van der Waals surface area contributed by atoms with Crippen LogP contribution in [-0.2, 0) is 21.6 Å². The highest BCUT2D eigenvalue weighted by molar-refractivity contribution is 7.92. The molecule has 0 aromatic heterocycles. The van der Waals surface area contributed by atoms with Crippen LogP contribution < -0.4 is 13.8 Å². The first-order valence-corrected chi connectivity index (χ1v) is 11.1. The monoisotopic (exact) mass is 434 g/mol. The van der Waals surface area contributed by atoms with Gasteiger partial charge in [0.05, 0.1) is 12.0 Å². The number of carbonyl (C=O) groups is 1. The van der Waals surface area contributed by atoms with Crippen LogP contribution in [0, 0.1) is 0 Å². The summed E-state index contributed by atoms with van der Waals surface area (Å²) in [5.41, 5.74) is 3.53. The third-order valence-electron chi connectivity index (χ3n) is 5.05. The van der Waals surface area contributed by atoms with Gasteiger partial charge in [-0.3, -0.25) is 4.79 Å². The van der Waals surface area contributed by atoms with Crippen LogP contribution >= 0.6 is 0 Å². The first-order chi connectivity index (χ1) is 15.0. The molecule has 1 aliphatic carbocycles. The summed E-state index contributed by atoms with van der Waals surface area (Å²) in [6, 6.07) is 22.4.